The van der Waals surface area contributed by atoms with Gasteiger partial charge in [0.15, 0.2) is 17.5 Å². The first-order valence-corrected chi connectivity index (χ1v) is 10.6. The molecule has 1 aliphatic heterocycles. The number of halogens is 2. The molecule has 0 aliphatic carbocycles. The number of fused-ring (bicyclic) bond motifs is 1. The third kappa shape index (κ3) is 3.65. The number of methoxy groups -OCH3 is 1. The highest BCUT2D eigenvalue weighted by molar-refractivity contribution is 7.17. The molecule has 30 heavy (non-hydrogen) atoms. The molecule has 1 fully saturated rings. The van der Waals surface area contributed by atoms with E-state index < -0.39 is 17.7 Å². The van der Waals surface area contributed by atoms with Crippen LogP contribution in [-0.2, 0) is 16.0 Å². The third-order valence-corrected chi connectivity index (χ3v) is 6.57. The first kappa shape index (κ1) is 20.7. The van der Waals surface area contributed by atoms with Crippen molar-refractivity contribution in [3.8, 4) is 5.88 Å². The van der Waals surface area contributed by atoms with Crippen molar-refractivity contribution >= 4 is 22.3 Å². The Morgan fingerprint density at radius 3 is 2.67 bits per heavy atom. The Bertz CT molecular complexity index is 1080. The number of carbonyl (C=O) groups is 1. The van der Waals surface area contributed by atoms with E-state index >= 15 is 0 Å². The molecule has 3 aromatic rings. The number of aryl methyl sites for hydroxylation is 1. The van der Waals surface area contributed by atoms with E-state index in [4.69, 9.17) is 4.74 Å². The summed E-state index contributed by atoms with van der Waals surface area (Å²) >= 11 is 1.27. The van der Waals surface area contributed by atoms with Crippen LogP contribution >= 0.6 is 11.3 Å². The van der Waals surface area contributed by atoms with Gasteiger partial charge < -0.3 is 9.84 Å². The van der Waals surface area contributed by atoms with Crippen LogP contribution in [0.4, 0.5) is 8.78 Å². The fraction of sp³-hybridized carbons (Fsp3) is 0.450. The van der Waals surface area contributed by atoms with Gasteiger partial charge in [0.25, 0.3) is 0 Å². The molecule has 7 nitrogen and oxygen atoms in total. The Morgan fingerprint density at radius 2 is 2.07 bits per heavy atom. The maximum Gasteiger partial charge on any atom is 0.308 e. The molecule has 4 rings (SSSR count). The Labute approximate surface area is 175 Å². The molecule has 1 aromatic carbocycles. The molecule has 1 atom stereocenters. The van der Waals surface area contributed by atoms with Crippen molar-refractivity contribution in [2.45, 2.75) is 32.2 Å². The number of nitrogens with zero attached hydrogens (tertiary/aromatic N) is 4. The highest BCUT2D eigenvalue weighted by Crippen LogP contribution is 2.41. The molecular formula is C20H22F2N4O3S. The van der Waals surface area contributed by atoms with Crippen LogP contribution in [0.15, 0.2) is 18.2 Å². The van der Waals surface area contributed by atoms with Crippen molar-refractivity contribution in [2.24, 2.45) is 5.92 Å². The van der Waals surface area contributed by atoms with Crippen LogP contribution in [-0.4, -0.2) is 50.8 Å². The van der Waals surface area contributed by atoms with Crippen LogP contribution in [0.2, 0.25) is 0 Å². The second-order valence-electron chi connectivity index (χ2n) is 7.28. The predicted octanol–water partition coefficient (Wildman–Crippen LogP) is 3.31. The second kappa shape index (κ2) is 8.27. The van der Waals surface area contributed by atoms with Crippen LogP contribution in [0.5, 0.6) is 5.88 Å². The van der Waals surface area contributed by atoms with Crippen LogP contribution in [0.1, 0.15) is 42.1 Å². The van der Waals surface area contributed by atoms with Gasteiger partial charge in [-0.3, -0.25) is 9.69 Å². The standard InChI is InChI=1S/C20H22F2N4O3S/c1-3-15-23-20-26(24-15)18(27)17(30-20)16(12-4-5-13(21)14(22)10-12)25-8-6-11(7-9-25)19(28)29-2/h4-5,10-11,16,27H,3,6-9H2,1-2H3. The monoisotopic (exact) mass is 436 g/mol. The number of likely N-dealkylation sites (tertiary alicyclic amines) is 1. The number of rotatable bonds is 5. The third-order valence-electron chi connectivity index (χ3n) is 5.50. The van der Waals surface area contributed by atoms with Gasteiger partial charge in [0.05, 0.1) is 23.9 Å². The first-order valence-electron chi connectivity index (χ1n) is 9.77. The highest BCUT2D eigenvalue weighted by atomic mass is 32.1. The number of aromatic nitrogens is 3. The van der Waals surface area contributed by atoms with E-state index in [0.717, 1.165) is 12.1 Å². The average Bonchev–Trinajstić information content (AvgIpc) is 3.30. The molecule has 1 unspecified atom stereocenters. The van der Waals surface area contributed by atoms with Crippen molar-refractivity contribution in [3.63, 3.8) is 0 Å². The second-order valence-corrected chi connectivity index (χ2v) is 8.28. The Morgan fingerprint density at radius 1 is 1.33 bits per heavy atom. The van der Waals surface area contributed by atoms with Gasteiger partial charge in [-0.05, 0) is 43.6 Å². The topological polar surface area (TPSA) is 80.0 Å². The van der Waals surface area contributed by atoms with Crippen LogP contribution in [0, 0.1) is 17.6 Å². The van der Waals surface area contributed by atoms with E-state index in [-0.39, 0.29) is 17.8 Å². The van der Waals surface area contributed by atoms with E-state index in [0.29, 0.717) is 53.6 Å². The van der Waals surface area contributed by atoms with Crippen LogP contribution < -0.4 is 0 Å². The first-order chi connectivity index (χ1) is 14.4. The van der Waals surface area contributed by atoms with E-state index in [2.05, 4.69) is 15.0 Å². The molecule has 2 aromatic heterocycles. The SMILES string of the molecule is CCc1nc2sc(C(c3ccc(F)c(F)c3)N3CCC(C(=O)OC)CC3)c(O)n2n1. The summed E-state index contributed by atoms with van der Waals surface area (Å²) in [7, 11) is 1.37. The number of hydrogen-bond acceptors (Lipinski definition) is 7. The molecule has 0 spiro atoms. The molecular weight excluding hydrogens is 414 g/mol. The van der Waals surface area contributed by atoms with Gasteiger partial charge in [-0.15, -0.1) is 5.10 Å². The van der Waals surface area contributed by atoms with E-state index in [1.807, 2.05) is 6.92 Å². The number of ether oxygens (including phenoxy) is 1. The summed E-state index contributed by atoms with van der Waals surface area (Å²) in [6.07, 6.45) is 1.79. The number of carbonyl (C=O) groups excluding carboxylic acids is 1. The molecule has 0 radical (unpaired) electrons. The fourth-order valence-electron chi connectivity index (χ4n) is 3.89. The number of piperidine rings is 1. The molecule has 10 heteroatoms. The number of benzene rings is 1. The summed E-state index contributed by atoms with van der Waals surface area (Å²) in [6.45, 7) is 3.00. The maximum absolute atomic E-state index is 14.0. The minimum atomic E-state index is -0.950. The summed E-state index contributed by atoms with van der Waals surface area (Å²) in [5.41, 5.74) is 0.515. The van der Waals surface area contributed by atoms with Gasteiger partial charge in [-0.25, -0.2) is 13.8 Å². The number of aromatic hydroxyl groups is 1. The molecule has 0 amide bonds. The van der Waals surface area contributed by atoms with Gasteiger partial charge in [0.2, 0.25) is 10.8 Å². The fourth-order valence-corrected chi connectivity index (χ4v) is 5.03. The minimum absolute atomic E-state index is 0.0629. The van der Waals surface area contributed by atoms with Crippen molar-refractivity contribution in [3.05, 3.63) is 46.1 Å². The summed E-state index contributed by atoms with van der Waals surface area (Å²) in [6, 6.07) is 3.24. The zero-order valence-corrected chi connectivity index (χ0v) is 17.5. The van der Waals surface area contributed by atoms with Gasteiger partial charge in [0.1, 0.15) is 0 Å². The average molecular weight is 436 g/mol. The lowest BCUT2D eigenvalue weighted by Gasteiger charge is -2.36. The Balaban J connectivity index is 1.73. The van der Waals surface area contributed by atoms with Crippen molar-refractivity contribution < 1.29 is 23.4 Å². The van der Waals surface area contributed by atoms with Crippen LogP contribution in [0.25, 0.3) is 4.96 Å². The number of thiazole rings is 1. The lowest BCUT2D eigenvalue weighted by molar-refractivity contribution is -0.147. The van der Waals surface area contributed by atoms with E-state index in [1.54, 1.807) is 0 Å². The van der Waals surface area contributed by atoms with E-state index in [9.17, 15) is 18.7 Å². The quantitative estimate of drug-likeness (QED) is 0.618. The van der Waals surface area contributed by atoms with Crippen molar-refractivity contribution in [1.82, 2.24) is 19.5 Å². The summed E-state index contributed by atoms with van der Waals surface area (Å²) in [4.78, 5) is 19.4. The van der Waals surface area contributed by atoms with Gasteiger partial charge in [-0.2, -0.15) is 4.52 Å². The van der Waals surface area contributed by atoms with Crippen molar-refractivity contribution in [1.29, 1.82) is 0 Å². The smallest absolute Gasteiger partial charge is 0.308 e. The van der Waals surface area contributed by atoms with Gasteiger partial charge in [0, 0.05) is 6.42 Å². The van der Waals surface area contributed by atoms with Crippen LogP contribution in [0.3, 0.4) is 0 Å². The number of esters is 1. The lowest BCUT2D eigenvalue weighted by Crippen LogP contribution is -2.39. The Kier molecular flexibility index (Phi) is 5.70. The summed E-state index contributed by atoms with van der Waals surface area (Å²) in [5, 5.41) is 15.2. The van der Waals surface area contributed by atoms with E-state index in [1.165, 1.54) is 29.0 Å². The molecule has 0 bridgehead atoms. The summed E-state index contributed by atoms with van der Waals surface area (Å²) < 4.78 is 33.8. The zero-order valence-electron chi connectivity index (χ0n) is 16.6. The maximum atomic E-state index is 14.0. The van der Waals surface area contributed by atoms with Crippen molar-refractivity contribution in [2.75, 3.05) is 20.2 Å². The Hall–Kier alpha value is -2.59. The van der Waals surface area contributed by atoms with Gasteiger partial charge in [-0.1, -0.05) is 24.3 Å². The zero-order chi connectivity index (χ0) is 21.4. The molecule has 0 saturated carbocycles. The highest BCUT2D eigenvalue weighted by Gasteiger charge is 2.34. The van der Waals surface area contributed by atoms with Gasteiger partial charge >= 0.3 is 5.97 Å². The largest absolute Gasteiger partial charge is 0.492 e. The molecule has 3 heterocycles. The molecule has 1 saturated heterocycles. The minimum Gasteiger partial charge on any atom is -0.492 e. The lowest BCUT2D eigenvalue weighted by atomic mass is 9.93. The summed E-state index contributed by atoms with van der Waals surface area (Å²) in [5.74, 6) is -1.76. The molecule has 160 valence electrons. The number of hydrogen-bond donors (Lipinski definition) is 1. The molecule has 1 N–H and O–H groups in total. The normalized spacial score (nSPS) is 16.8. The molecule has 1 aliphatic rings. The predicted molar refractivity (Wildman–Crippen MR) is 106 cm³/mol.